The van der Waals surface area contributed by atoms with Crippen LogP contribution in [0.25, 0.3) is 0 Å². The Morgan fingerprint density at radius 2 is 2.00 bits per heavy atom. The summed E-state index contributed by atoms with van der Waals surface area (Å²) < 4.78 is 0. The fourth-order valence-corrected chi connectivity index (χ4v) is 1.97. The molecule has 0 amide bonds. The molecule has 2 aromatic rings. The minimum absolute atomic E-state index is 0.769. The molecule has 98 valence electrons. The molecule has 0 N–H and O–H groups in total. The molecular formula is C16H17ClN2. The Morgan fingerprint density at radius 1 is 1.21 bits per heavy atom. The lowest BCUT2D eigenvalue weighted by molar-refractivity contribution is 0.862. The third-order valence-corrected chi connectivity index (χ3v) is 3.11. The summed E-state index contributed by atoms with van der Waals surface area (Å²) in [6, 6.07) is 12.0. The van der Waals surface area contributed by atoms with E-state index in [1.54, 1.807) is 6.20 Å². The van der Waals surface area contributed by atoms with Crippen LogP contribution in [0.5, 0.6) is 0 Å². The molecule has 0 unspecified atom stereocenters. The molecule has 0 saturated heterocycles. The van der Waals surface area contributed by atoms with Crippen molar-refractivity contribution in [3.05, 3.63) is 71.5 Å². The second-order valence-electron chi connectivity index (χ2n) is 4.29. The topological polar surface area (TPSA) is 16.1 Å². The molecule has 0 fully saturated rings. The van der Waals surface area contributed by atoms with Crippen LogP contribution >= 0.6 is 11.6 Å². The Morgan fingerprint density at radius 3 is 2.63 bits per heavy atom. The highest BCUT2D eigenvalue weighted by atomic mass is 35.5. The number of hydrogen-bond acceptors (Lipinski definition) is 2. The van der Waals surface area contributed by atoms with Crippen molar-refractivity contribution >= 4 is 17.3 Å². The Balaban J connectivity index is 2.16. The van der Waals surface area contributed by atoms with Crippen LogP contribution in [0.15, 0.2) is 60.9 Å². The fraction of sp³-hybridized carbons (Fsp3) is 0.188. The van der Waals surface area contributed by atoms with Crippen molar-refractivity contribution in [3.63, 3.8) is 0 Å². The number of halogens is 1. The van der Waals surface area contributed by atoms with Gasteiger partial charge in [0.05, 0.1) is 11.9 Å². The molecule has 2 nitrogen and oxygen atoms in total. The van der Waals surface area contributed by atoms with E-state index in [-0.39, 0.29) is 0 Å². The van der Waals surface area contributed by atoms with Crippen LogP contribution in [-0.2, 0) is 6.54 Å². The van der Waals surface area contributed by atoms with Crippen LogP contribution in [-0.4, -0.2) is 11.5 Å². The van der Waals surface area contributed by atoms with E-state index in [2.05, 4.69) is 40.2 Å². The van der Waals surface area contributed by atoms with E-state index in [0.717, 1.165) is 23.8 Å². The normalized spacial score (nSPS) is 10.8. The van der Waals surface area contributed by atoms with Crippen LogP contribution in [0.2, 0.25) is 5.02 Å². The largest absolute Gasteiger partial charge is 0.362 e. The first-order valence-electron chi connectivity index (χ1n) is 6.30. The van der Waals surface area contributed by atoms with Gasteiger partial charge < -0.3 is 4.90 Å². The Bertz CT molecular complexity index is 520. The van der Waals surface area contributed by atoms with E-state index in [4.69, 9.17) is 11.6 Å². The van der Waals surface area contributed by atoms with E-state index < -0.39 is 0 Å². The van der Waals surface area contributed by atoms with Crippen molar-refractivity contribution < 1.29 is 0 Å². The average molecular weight is 273 g/mol. The summed E-state index contributed by atoms with van der Waals surface area (Å²) in [6.45, 7) is 3.74. The molecule has 0 aliphatic heterocycles. The highest BCUT2D eigenvalue weighted by Gasteiger charge is 2.05. The lowest BCUT2D eigenvalue weighted by Gasteiger charge is -2.23. The molecule has 0 aliphatic carbocycles. The molecule has 1 heterocycles. The van der Waals surface area contributed by atoms with Gasteiger partial charge in [0.15, 0.2) is 0 Å². The number of allylic oxidation sites excluding steroid dienone is 1. The Labute approximate surface area is 119 Å². The van der Waals surface area contributed by atoms with Crippen molar-refractivity contribution in [3.8, 4) is 0 Å². The number of nitrogens with zero attached hydrogens (tertiary/aromatic N) is 2. The SMILES string of the molecule is C/C=C/CN(Cc1ccc(Cl)cc1)c1cccnc1. The molecule has 3 heteroatoms. The zero-order valence-corrected chi connectivity index (χ0v) is 11.7. The van der Waals surface area contributed by atoms with Crippen molar-refractivity contribution in [1.82, 2.24) is 4.98 Å². The van der Waals surface area contributed by atoms with Gasteiger partial charge in [-0.3, -0.25) is 4.98 Å². The summed E-state index contributed by atoms with van der Waals surface area (Å²) in [4.78, 5) is 6.46. The number of pyridine rings is 1. The summed E-state index contributed by atoms with van der Waals surface area (Å²) in [6.07, 6.45) is 7.88. The molecule has 0 saturated carbocycles. The van der Waals surface area contributed by atoms with Gasteiger partial charge in [0, 0.05) is 24.3 Å². The third-order valence-electron chi connectivity index (χ3n) is 2.86. The standard InChI is InChI=1S/C16H17ClN2/c1-2-3-11-19(16-5-4-10-18-12-16)13-14-6-8-15(17)9-7-14/h2-10,12H,11,13H2,1H3/b3-2+. The zero-order chi connectivity index (χ0) is 13.5. The molecule has 1 aromatic heterocycles. The molecule has 0 spiro atoms. The molecule has 0 bridgehead atoms. The van der Waals surface area contributed by atoms with E-state index in [9.17, 15) is 0 Å². The summed E-state index contributed by atoms with van der Waals surface area (Å²) in [7, 11) is 0. The van der Waals surface area contributed by atoms with E-state index in [0.29, 0.717) is 0 Å². The lowest BCUT2D eigenvalue weighted by Crippen LogP contribution is -2.22. The van der Waals surface area contributed by atoms with Gasteiger partial charge in [0.25, 0.3) is 0 Å². The number of anilines is 1. The summed E-state index contributed by atoms with van der Waals surface area (Å²) in [5, 5.41) is 0.769. The molecule has 0 atom stereocenters. The Kier molecular flexibility index (Phi) is 4.99. The average Bonchev–Trinajstić information content (AvgIpc) is 2.46. The maximum atomic E-state index is 5.91. The first-order valence-corrected chi connectivity index (χ1v) is 6.68. The summed E-state index contributed by atoms with van der Waals surface area (Å²) in [5.41, 5.74) is 2.35. The smallest absolute Gasteiger partial charge is 0.0558 e. The van der Waals surface area contributed by atoms with Crippen molar-refractivity contribution in [2.75, 3.05) is 11.4 Å². The number of aromatic nitrogens is 1. The molecule has 0 radical (unpaired) electrons. The van der Waals surface area contributed by atoms with Gasteiger partial charge in [-0.25, -0.2) is 0 Å². The minimum atomic E-state index is 0.769. The van der Waals surface area contributed by atoms with Crippen LogP contribution in [0.3, 0.4) is 0 Å². The van der Waals surface area contributed by atoms with Gasteiger partial charge in [-0.15, -0.1) is 0 Å². The van der Waals surface area contributed by atoms with Gasteiger partial charge in [-0.1, -0.05) is 35.9 Å². The predicted molar refractivity (Wildman–Crippen MR) is 81.6 cm³/mol. The van der Waals surface area contributed by atoms with E-state index in [1.807, 2.05) is 31.3 Å². The summed E-state index contributed by atoms with van der Waals surface area (Å²) in [5.74, 6) is 0. The number of hydrogen-bond donors (Lipinski definition) is 0. The second-order valence-corrected chi connectivity index (χ2v) is 4.72. The lowest BCUT2D eigenvalue weighted by atomic mass is 10.2. The second kappa shape index (κ2) is 6.95. The van der Waals surface area contributed by atoms with E-state index in [1.165, 1.54) is 5.56 Å². The van der Waals surface area contributed by atoms with Gasteiger partial charge >= 0.3 is 0 Å². The maximum Gasteiger partial charge on any atom is 0.0558 e. The Hall–Kier alpha value is -1.80. The van der Waals surface area contributed by atoms with Crippen LogP contribution in [0, 0.1) is 0 Å². The fourth-order valence-electron chi connectivity index (χ4n) is 1.84. The molecule has 0 aliphatic rings. The van der Waals surface area contributed by atoms with Gasteiger partial charge in [0.2, 0.25) is 0 Å². The van der Waals surface area contributed by atoms with Crippen molar-refractivity contribution in [1.29, 1.82) is 0 Å². The third kappa shape index (κ3) is 4.11. The minimum Gasteiger partial charge on any atom is -0.362 e. The van der Waals surface area contributed by atoms with Crippen molar-refractivity contribution in [2.45, 2.75) is 13.5 Å². The monoisotopic (exact) mass is 272 g/mol. The first kappa shape index (κ1) is 13.6. The van der Waals surface area contributed by atoms with Crippen LogP contribution in [0.1, 0.15) is 12.5 Å². The first-order chi connectivity index (χ1) is 9.29. The van der Waals surface area contributed by atoms with Crippen molar-refractivity contribution in [2.24, 2.45) is 0 Å². The molecule has 19 heavy (non-hydrogen) atoms. The molecule has 1 aromatic carbocycles. The predicted octanol–water partition coefficient (Wildman–Crippen LogP) is 4.32. The summed E-state index contributed by atoms with van der Waals surface area (Å²) >= 11 is 5.91. The van der Waals surface area contributed by atoms with Gasteiger partial charge in [-0.05, 0) is 36.8 Å². The highest BCUT2D eigenvalue weighted by molar-refractivity contribution is 6.30. The van der Waals surface area contributed by atoms with E-state index >= 15 is 0 Å². The van der Waals surface area contributed by atoms with Crippen LogP contribution < -0.4 is 4.90 Å². The number of rotatable bonds is 5. The zero-order valence-electron chi connectivity index (χ0n) is 11.0. The molecular weight excluding hydrogens is 256 g/mol. The van der Waals surface area contributed by atoms with Gasteiger partial charge in [0.1, 0.15) is 0 Å². The maximum absolute atomic E-state index is 5.91. The van der Waals surface area contributed by atoms with Gasteiger partial charge in [-0.2, -0.15) is 0 Å². The quantitative estimate of drug-likeness (QED) is 0.754. The highest BCUT2D eigenvalue weighted by Crippen LogP contribution is 2.17. The molecule has 2 rings (SSSR count). The van der Waals surface area contributed by atoms with Crippen LogP contribution in [0.4, 0.5) is 5.69 Å². The number of benzene rings is 1.